The van der Waals surface area contributed by atoms with Gasteiger partial charge in [-0.3, -0.25) is 0 Å². The minimum Gasteiger partial charge on any atom is -0.370 e. The predicted molar refractivity (Wildman–Crippen MR) is 91.2 cm³/mol. The molecule has 0 aliphatic carbocycles. The molecule has 8 nitrogen and oxygen atoms in total. The molecule has 3 rings (SSSR count). The molecule has 2 heterocycles. The minimum absolute atomic E-state index is 0.0374. The Morgan fingerprint density at radius 3 is 2.40 bits per heavy atom. The Morgan fingerprint density at radius 2 is 1.72 bits per heavy atom. The SMILES string of the molecule is CCC(C)(C)n1cc(COCc2ccc(-c3nncnn3)cc2)nn1. The van der Waals surface area contributed by atoms with Crippen LogP contribution in [0.25, 0.3) is 11.4 Å². The van der Waals surface area contributed by atoms with Crippen LogP contribution >= 0.6 is 0 Å². The number of nitrogens with zero attached hydrogens (tertiary/aromatic N) is 7. The molecule has 1 aromatic carbocycles. The van der Waals surface area contributed by atoms with E-state index < -0.39 is 0 Å². The molecule has 25 heavy (non-hydrogen) atoms. The van der Waals surface area contributed by atoms with Gasteiger partial charge in [-0.05, 0) is 25.8 Å². The first-order chi connectivity index (χ1) is 12.1. The highest BCUT2D eigenvalue weighted by molar-refractivity contribution is 5.53. The van der Waals surface area contributed by atoms with Crippen molar-refractivity contribution in [3.05, 3.63) is 48.0 Å². The summed E-state index contributed by atoms with van der Waals surface area (Å²) in [7, 11) is 0. The molecule has 3 aromatic rings. The van der Waals surface area contributed by atoms with Crippen LogP contribution in [0.15, 0.2) is 36.8 Å². The van der Waals surface area contributed by atoms with Gasteiger partial charge in [0.25, 0.3) is 0 Å². The van der Waals surface area contributed by atoms with Crippen molar-refractivity contribution in [2.75, 3.05) is 0 Å². The van der Waals surface area contributed by atoms with E-state index in [9.17, 15) is 0 Å². The van der Waals surface area contributed by atoms with E-state index in [0.29, 0.717) is 19.0 Å². The molecule has 0 radical (unpaired) electrons. The maximum atomic E-state index is 5.74. The van der Waals surface area contributed by atoms with Gasteiger partial charge < -0.3 is 4.74 Å². The van der Waals surface area contributed by atoms with Crippen LogP contribution < -0.4 is 0 Å². The molecule has 0 aliphatic rings. The van der Waals surface area contributed by atoms with Gasteiger partial charge in [0.15, 0.2) is 6.33 Å². The Labute approximate surface area is 146 Å². The summed E-state index contributed by atoms with van der Waals surface area (Å²) in [6.45, 7) is 7.33. The second-order valence-corrected chi connectivity index (χ2v) is 6.38. The van der Waals surface area contributed by atoms with Crippen molar-refractivity contribution in [2.24, 2.45) is 0 Å². The fourth-order valence-corrected chi connectivity index (χ4v) is 2.17. The van der Waals surface area contributed by atoms with E-state index in [0.717, 1.165) is 23.2 Å². The van der Waals surface area contributed by atoms with E-state index in [-0.39, 0.29) is 5.54 Å². The van der Waals surface area contributed by atoms with E-state index >= 15 is 0 Å². The second kappa shape index (κ2) is 7.43. The largest absolute Gasteiger partial charge is 0.370 e. The average molecular weight is 339 g/mol. The molecule has 0 spiro atoms. The van der Waals surface area contributed by atoms with Gasteiger partial charge in [-0.1, -0.05) is 36.4 Å². The summed E-state index contributed by atoms with van der Waals surface area (Å²) in [6, 6.07) is 7.81. The van der Waals surface area contributed by atoms with Gasteiger partial charge in [-0.2, -0.15) is 0 Å². The first-order valence-electron chi connectivity index (χ1n) is 8.17. The van der Waals surface area contributed by atoms with Gasteiger partial charge in [-0.25, -0.2) is 4.68 Å². The van der Waals surface area contributed by atoms with Gasteiger partial charge in [0, 0.05) is 5.56 Å². The van der Waals surface area contributed by atoms with Gasteiger partial charge in [0.2, 0.25) is 5.82 Å². The van der Waals surface area contributed by atoms with E-state index in [1.54, 1.807) is 0 Å². The lowest BCUT2D eigenvalue weighted by Crippen LogP contribution is -2.25. The zero-order chi connectivity index (χ0) is 17.7. The molecule has 0 saturated carbocycles. The quantitative estimate of drug-likeness (QED) is 0.652. The summed E-state index contributed by atoms with van der Waals surface area (Å²) >= 11 is 0. The third kappa shape index (κ3) is 4.21. The number of aromatic nitrogens is 7. The van der Waals surface area contributed by atoms with Gasteiger partial charge in [0.05, 0.1) is 24.9 Å². The third-order valence-electron chi connectivity index (χ3n) is 4.17. The van der Waals surface area contributed by atoms with Crippen LogP contribution in [-0.2, 0) is 23.5 Å². The molecule has 0 saturated heterocycles. The van der Waals surface area contributed by atoms with E-state index in [1.807, 2.05) is 35.1 Å². The number of hydrogen-bond donors (Lipinski definition) is 0. The van der Waals surface area contributed by atoms with Crippen molar-refractivity contribution >= 4 is 0 Å². The van der Waals surface area contributed by atoms with Crippen LogP contribution in [0.4, 0.5) is 0 Å². The molecular formula is C17H21N7O. The Hall–Kier alpha value is -2.74. The van der Waals surface area contributed by atoms with E-state index in [4.69, 9.17) is 4.74 Å². The molecule has 0 bridgehead atoms. The number of benzene rings is 1. The summed E-state index contributed by atoms with van der Waals surface area (Å²) < 4.78 is 7.63. The van der Waals surface area contributed by atoms with Crippen LogP contribution in [0.5, 0.6) is 0 Å². The summed E-state index contributed by atoms with van der Waals surface area (Å²) in [5, 5.41) is 23.7. The summed E-state index contributed by atoms with van der Waals surface area (Å²) in [6.07, 6.45) is 4.24. The topological polar surface area (TPSA) is 91.5 Å². The lowest BCUT2D eigenvalue weighted by Gasteiger charge is -2.22. The van der Waals surface area contributed by atoms with Crippen molar-refractivity contribution < 1.29 is 4.74 Å². The van der Waals surface area contributed by atoms with Crippen molar-refractivity contribution in [2.45, 2.75) is 45.9 Å². The number of hydrogen-bond acceptors (Lipinski definition) is 7. The average Bonchev–Trinajstić information content (AvgIpc) is 3.13. The molecule has 130 valence electrons. The van der Waals surface area contributed by atoms with Gasteiger partial charge >= 0.3 is 0 Å². The fraction of sp³-hybridized carbons (Fsp3) is 0.412. The predicted octanol–water partition coefficient (Wildman–Crippen LogP) is 2.39. The Balaban J connectivity index is 1.54. The van der Waals surface area contributed by atoms with Crippen molar-refractivity contribution in [3.8, 4) is 11.4 Å². The van der Waals surface area contributed by atoms with Crippen molar-refractivity contribution in [1.82, 2.24) is 35.4 Å². The normalized spacial score (nSPS) is 11.6. The standard InChI is InChI=1S/C17H21N7O/c1-4-17(2,3)24-9-15(20-23-24)11-25-10-13-5-7-14(8-6-13)16-21-18-12-19-22-16/h5-9,12H,4,10-11H2,1-3H3. The molecule has 2 aromatic heterocycles. The zero-order valence-electron chi connectivity index (χ0n) is 14.6. The number of rotatable bonds is 7. The van der Waals surface area contributed by atoms with E-state index in [1.165, 1.54) is 6.33 Å². The Bertz CT molecular complexity index is 799. The van der Waals surface area contributed by atoms with E-state index in [2.05, 4.69) is 51.5 Å². The minimum atomic E-state index is -0.0374. The summed E-state index contributed by atoms with van der Waals surface area (Å²) in [5.74, 6) is 0.505. The first kappa shape index (κ1) is 17.1. The van der Waals surface area contributed by atoms with Crippen LogP contribution in [0.3, 0.4) is 0 Å². The molecule has 8 heteroatoms. The fourth-order valence-electron chi connectivity index (χ4n) is 2.17. The molecule has 0 N–H and O–H groups in total. The van der Waals surface area contributed by atoms with Gasteiger partial charge in [-0.15, -0.1) is 25.5 Å². The highest BCUT2D eigenvalue weighted by atomic mass is 16.5. The van der Waals surface area contributed by atoms with Gasteiger partial charge in [0.1, 0.15) is 5.69 Å². The van der Waals surface area contributed by atoms with Crippen LogP contribution in [-0.4, -0.2) is 35.4 Å². The summed E-state index contributed by atoms with van der Waals surface area (Å²) in [4.78, 5) is 0. The lowest BCUT2D eigenvalue weighted by atomic mass is 10.0. The first-order valence-corrected chi connectivity index (χ1v) is 8.17. The van der Waals surface area contributed by atoms with Crippen LogP contribution in [0.1, 0.15) is 38.4 Å². The summed E-state index contributed by atoms with van der Waals surface area (Å²) in [5.41, 5.74) is 2.72. The van der Waals surface area contributed by atoms with Crippen molar-refractivity contribution in [3.63, 3.8) is 0 Å². The highest BCUT2D eigenvalue weighted by Gasteiger charge is 2.19. The second-order valence-electron chi connectivity index (χ2n) is 6.38. The molecule has 0 amide bonds. The van der Waals surface area contributed by atoms with Crippen LogP contribution in [0, 0.1) is 0 Å². The molecule has 0 atom stereocenters. The maximum Gasteiger partial charge on any atom is 0.203 e. The lowest BCUT2D eigenvalue weighted by molar-refractivity contribution is 0.104. The highest BCUT2D eigenvalue weighted by Crippen LogP contribution is 2.18. The monoisotopic (exact) mass is 339 g/mol. The Kier molecular flexibility index (Phi) is 5.08. The Morgan fingerprint density at radius 1 is 1.00 bits per heavy atom. The zero-order valence-corrected chi connectivity index (χ0v) is 14.6. The molecule has 0 unspecified atom stereocenters. The maximum absolute atomic E-state index is 5.74. The molecule has 0 fully saturated rings. The van der Waals surface area contributed by atoms with Crippen molar-refractivity contribution in [1.29, 1.82) is 0 Å². The smallest absolute Gasteiger partial charge is 0.203 e. The molecule has 0 aliphatic heterocycles. The van der Waals surface area contributed by atoms with Crippen LogP contribution in [0.2, 0.25) is 0 Å². The third-order valence-corrected chi connectivity index (χ3v) is 4.17. The molecular weight excluding hydrogens is 318 g/mol. The number of ether oxygens (including phenoxy) is 1.